The Labute approximate surface area is 93.7 Å². The normalized spacial score (nSPS) is 9.56. The number of nitrogens with one attached hydrogen (secondary N) is 1. The molecule has 0 spiro atoms. The molecule has 1 amide bonds. The molecule has 0 bridgehead atoms. The fourth-order valence-electron chi connectivity index (χ4n) is 1.15. The van der Waals surface area contributed by atoms with E-state index in [-0.39, 0.29) is 18.7 Å². The van der Waals surface area contributed by atoms with Gasteiger partial charge in [-0.1, -0.05) is 18.2 Å². The molecule has 1 aromatic rings. The smallest absolute Gasteiger partial charge is 0.224 e. The van der Waals surface area contributed by atoms with Crippen molar-refractivity contribution in [1.82, 2.24) is 0 Å². The van der Waals surface area contributed by atoms with Crippen molar-refractivity contribution >= 4 is 23.2 Å². The molecule has 1 rings (SSSR count). The van der Waals surface area contributed by atoms with Gasteiger partial charge in [0.05, 0.1) is 0 Å². The van der Waals surface area contributed by atoms with Crippen LogP contribution in [0.1, 0.15) is 19.8 Å². The zero-order valence-electron chi connectivity index (χ0n) is 9.03. The van der Waals surface area contributed by atoms with E-state index in [1.807, 2.05) is 6.07 Å². The number of benzene rings is 1. The average Bonchev–Trinajstić information content (AvgIpc) is 2.27. The van der Waals surface area contributed by atoms with Gasteiger partial charge in [-0.25, -0.2) is 0 Å². The molecule has 4 heteroatoms. The largest absolute Gasteiger partial charge is 0.326 e. The Bertz CT molecular complexity index is 398. The van der Waals surface area contributed by atoms with Crippen molar-refractivity contribution in [3.8, 4) is 0 Å². The number of hydrogen-bond acceptors (Lipinski definition) is 3. The Kier molecular flexibility index (Phi) is 4.39. The number of hydrogen-bond donors (Lipinski definition) is 1. The summed E-state index contributed by atoms with van der Waals surface area (Å²) >= 11 is 0. The number of carbonyl (C=O) groups is 3. The van der Waals surface area contributed by atoms with Crippen LogP contribution in [0.3, 0.4) is 0 Å². The first-order valence-corrected chi connectivity index (χ1v) is 4.98. The van der Waals surface area contributed by atoms with Gasteiger partial charge >= 0.3 is 0 Å². The summed E-state index contributed by atoms with van der Waals surface area (Å²) in [4.78, 5) is 33.0. The maximum absolute atomic E-state index is 11.4. The van der Waals surface area contributed by atoms with Crippen molar-refractivity contribution in [2.45, 2.75) is 19.8 Å². The number of rotatable bonds is 5. The molecule has 84 valence electrons. The molecule has 0 atom stereocenters. The Morgan fingerprint density at radius 3 is 2.25 bits per heavy atom. The Morgan fingerprint density at radius 2 is 1.69 bits per heavy atom. The SMILES string of the molecule is CC(=O)C(=O)CCC(=O)Nc1ccccc1. The van der Waals surface area contributed by atoms with Crippen LogP contribution in [0.25, 0.3) is 0 Å². The second kappa shape index (κ2) is 5.80. The van der Waals surface area contributed by atoms with Crippen LogP contribution in [0.15, 0.2) is 30.3 Å². The van der Waals surface area contributed by atoms with Crippen LogP contribution in [0.5, 0.6) is 0 Å². The molecule has 0 saturated heterocycles. The van der Waals surface area contributed by atoms with Crippen molar-refractivity contribution < 1.29 is 14.4 Å². The van der Waals surface area contributed by atoms with Gasteiger partial charge in [0.2, 0.25) is 5.91 Å². The summed E-state index contributed by atoms with van der Waals surface area (Å²) in [5.41, 5.74) is 0.683. The van der Waals surface area contributed by atoms with E-state index in [1.165, 1.54) is 6.92 Å². The summed E-state index contributed by atoms with van der Waals surface area (Å²) in [5, 5.41) is 2.63. The van der Waals surface area contributed by atoms with Gasteiger partial charge in [-0.05, 0) is 12.1 Å². The fourth-order valence-corrected chi connectivity index (χ4v) is 1.15. The predicted molar refractivity (Wildman–Crippen MR) is 60.0 cm³/mol. The number of amides is 1. The van der Waals surface area contributed by atoms with Gasteiger partial charge < -0.3 is 5.32 Å². The van der Waals surface area contributed by atoms with Crippen molar-refractivity contribution in [3.63, 3.8) is 0 Å². The molecule has 0 aromatic heterocycles. The highest BCUT2D eigenvalue weighted by Crippen LogP contribution is 2.06. The predicted octanol–water partition coefficient (Wildman–Crippen LogP) is 1.56. The van der Waals surface area contributed by atoms with Crippen molar-refractivity contribution in [2.24, 2.45) is 0 Å². The molecule has 16 heavy (non-hydrogen) atoms. The van der Waals surface area contributed by atoms with Crippen LogP contribution in [-0.2, 0) is 14.4 Å². The first kappa shape index (κ1) is 12.1. The summed E-state index contributed by atoms with van der Waals surface area (Å²) < 4.78 is 0. The maximum atomic E-state index is 11.4. The molecular formula is C12H13NO3. The van der Waals surface area contributed by atoms with E-state index in [0.29, 0.717) is 5.69 Å². The monoisotopic (exact) mass is 219 g/mol. The minimum absolute atomic E-state index is 0.0337. The van der Waals surface area contributed by atoms with Gasteiger partial charge in [-0.2, -0.15) is 0 Å². The van der Waals surface area contributed by atoms with Crippen LogP contribution < -0.4 is 5.32 Å². The zero-order chi connectivity index (χ0) is 12.0. The van der Waals surface area contributed by atoms with Crippen LogP contribution in [0.4, 0.5) is 5.69 Å². The lowest BCUT2D eigenvalue weighted by Crippen LogP contribution is -2.16. The van der Waals surface area contributed by atoms with Gasteiger partial charge in [0.25, 0.3) is 0 Å². The first-order valence-electron chi connectivity index (χ1n) is 4.98. The second-order valence-corrected chi connectivity index (χ2v) is 3.39. The highest BCUT2D eigenvalue weighted by Gasteiger charge is 2.10. The van der Waals surface area contributed by atoms with Crippen LogP contribution >= 0.6 is 0 Å². The fraction of sp³-hybridized carbons (Fsp3) is 0.250. The van der Waals surface area contributed by atoms with Crippen LogP contribution in [0.2, 0.25) is 0 Å². The number of anilines is 1. The summed E-state index contributed by atoms with van der Waals surface area (Å²) in [6, 6.07) is 8.96. The van der Waals surface area contributed by atoms with Crippen molar-refractivity contribution in [3.05, 3.63) is 30.3 Å². The van der Waals surface area contributed by atoms with Crippen molar-refractivity contribution in [1.29, 1.82) is 0 Å². The Balaban J connectivity index is 2.37. The third-order valence-corrected chi connectivity index (χ3v) is 2.03. The lowest BCUT2D eigenvalue weighted by atomic mass is 10.1. The standard InChI is InChI=1S/C12H13NO3/c1-9(14)11(15)7-8-12(16)13-10-5-3-2-4-6-10/h2-6H,7-8H2,1H3,(H,13,16). The van der Waals surface area contributed by atoms with Crippen LogP contribution in [-0.4, -0.2) is 17.5 Å². The third-order valence-electron chi connectivity index (χ3n) is 2.03. The van der Waals surface area contributed by atoms with Gasteiger partial charge in [0.1, 0.15) is 0 Å². The minimum atomic E-state index is -0.511. The highest BCUT2D eigenvalue weighted by molar-refractivity contribution is 6.36. The lowest BCUT2D eigenvalue weighted by molar-refractivity contribution is -0.135. The summed E-state index contributed by atoms with van der Waals surface area (Å²) in [5.74, 6) is -1.28. The van der Waals surface area contributed by atoms with Gasteiger partial charge in [0, 0.05) is 25.5 Å². The quantitative estimate of drug-likeness (QED) is 0.764. The van der Waals surface area contributed by atoms with E-state index in [1.54, 1.807) is 24.3 Å². The number of para-hydroxylation sites is 1. The zero-order valence-corrected chi connectivity index (χ0v) is 9.03. The lowest BCUT2D eigenvalue weighted by Gasteiger charge is -2.03. The van der Waals surface area contributed by atoms with Crippen LogP contribution in [0, 0.1) is 0 Å². The third kappa shape index (κ3) is 4.04. The average molecular weight is 219 g/mol. The molecule has 0 saturated carbocycles. The van der Waals surface area contributed by atoms with E-state index in [0.717, 1.165) is 0 Å². The van der Waals surface area contributed by atoms with E-state index in [2.05, 4.69) is 5.32 Å². The van der Waals surface area contributed by atoms with E-state index in [9.17, 15) is 14.4 Å². The van der Waals surface area contributed by atoms with E-state index < -0.39 is 11.6 Å². The molecule has 0 fully saturated rings. The van der Waals surface area contributed by atoms with E-state index >= 15 is 0 Å². The highest BCUT2D eigenvalue weighted by atomic mass is 16.2. The molecule has 0 aliphatic heterocycles. The molecule has 0 radical (unpaired) electrons. The molecule has 0 aliphatic carbocycles. The second-order valence-electron chi connectivity index (χ2n) is 3.39. The maximum Gasteiger partial charge on any atom is 0.224 e. The van der Waals surface area contributed by atoms with Gasteiger partial charge in [-0.15, -0.1) is 0 Å². The van der Waals surface area contributed by atoms with E-state index in [4.69, 9.17) is 0 Å². The molecule has 0 aliphatic rings. The summed E-state index contributed by atoms with van der Waals surface area (Å²) in [7, 11) is 0. The number of carbonyl (C=O) groups excluding carboxylic acids is 3. The first-order chi connectivity index (χ1) is 7.59. The number of Topliss-reactive ketones (excluding diaryl/α,β-unsaturated/α-hetero) is 2. The topological polar surface area (TPSA) is 63.2 Å². The summed E-state index contributed by atoms with van der Waals surface area (Å²) in [6.45, 7) is 1.21. The Hall–Kier alpha value is -1.97. The molecule has 4 nitrogen and oxygen atoms in total. The van der Waals surface area contributed by atoms with Gasteiger partial charge in [-0.3, -0.25) is 14.4 Å². The molecule has 1 N–H and O–H groups in total. The molecular weight excluding hydrogens is 206 g/mol. The van der Waals surface area contributed by atoms with Gasteiger partial charge in [0.15, 0.2) is 11.6 Å². The summed E-state index contributed by atoms with van der Waals surface area (Å²) in [6.07, 6.45) is 0.00130. The number of ketones is 2. The van der Waals surface area contributed by atoms with Crippen molar-refractivity contribution in [2.75, 3.05) is 5.32 Å². The minimum Gasteiger partial charge on any atom is -0.326 e. The molecule has 1 aromatic carbocycles. The Morgan fingerprint density at radius 1 is 1.06 bits per heavy atom. The molecule has 0 heterocycles. The molecule has 0 unspecified atom stereocenters.